The minimum absolute atomic E-state index is 0.137. The van der Waals surface area contributed by atoms with Crippen LogP contribution in [0.15, 0.2) is 54.6 Å². The van der Waals surface area contributed by atoms with E-state index in [1.807, 2.05) is 55.5 Å². The van der Waals surface area contributed by atoms with Crippen LogP contribution >= 0.6 is 0 Å². The van der Waals surface area contributed by atoms with Gasteiger partial charge in [0.2, 0.25) is 5.91 Å². The van der Waals surface area contributed by atoms with E-state index in [9.17, 15) is 4.79 Å². The molecular weight excluding hydrogens is 270 g/mol. The molecule has 0 aliphatic rings. The van der Waals surface area contributed by atoms with Gasteiger partial charge in [-0.3, -0.25) is 4.79 Å². The summed E-state index contributed by atoms with van der Waals surface area (Å²) in [5, 5.41) is 2.75. The van der Waals surface area contributed by atoms with Crippen molar-refractivity contribution in [2.45, 2.75) is 13.8 Å². The Morgan fingerprint density at radius 2 is 1.91 bits per heavy atom. The van der Waals surface area contributed by atoms with Gasteiger partial charge < -0.3 is 5.32 Å². The predicted molar refractivity (Wildman–Crippen MR) is 91.3 cm³/mol. The lowest BCUT2D eigenvalue weighted by molar-refractivity contribution is -0.116. The molecule has 2 aromatic carbocycles. The average Bonchev–Trinajstić information content (AvgIpc) is 2.52. The zero-order valence-corrected chi connectivity index (χ0v) is 12.9. The first-order chi connectivity index (χ1) is 10.6. The lowest BCUT2D eigenvalue weighted by Crippen LogP contribution is -2.20. The fourth-order valence-corrected chi connectivity index (χ4v) is 2.04. The SMILES string of the molecule is Cc1ccc(/C=C/C(=O)NCC#Cc2ccccc2)c(C)c1. The quantitative estimate of drug-likeness (QED) is 0.680. The molecule has 0 bridgehead atoms. The lowest BCUT2D eigenvalue weighted by Gasteiger charge is -2.01. The molecule has 0 aromatic heterocycles. The molecule has 0 fully saturated rings. The molecule has 0 unspecified atom stereocenters. The molecule has 2 heteroatoms. The summed E-state index contributed by atoms with van der Waals surface area (Å²) in [4.78, 5) is 11.7. The van der Waals surface area contributed by atoms with Gasteiger partial charge >= 0.3 is 0 Å². The highest BCUT2D eigenvalue weighted by Gasteiger charge is 1.96. The topological polar surface area (TPSA) is 29.1 Å². The van der Waals surface area contributed by atoms with E-state index >= 15 is 0 Å². The van der Waals surface area contributed by atoms with E-state index in [-0.39, 0.29) is 5.91 Å². The van der Waals surface area contributed by atoms with Crippen LogP contribution in [0.1, 0.15) is 22.3 Å². The Labute approximate surface area is 131 Å². The van der Waals surface area contributed by atoms with E-state index < -0.39 is 0 Å². The molecule has 0 aliphatic carbocycles. The molecule has 2 nitrogen and oxygen atoms in total. The fourth-order valence-electron chi connectivity index (χ4n) is 2.04. The second kappa shape index (κ2) is 7.85. The molecule has 0 atom stereocenters. The molecular formula is C20H19NO. The Morgan fingerprint density at radius 1 is 1.14 bits per heavy atom. The van der Waals surface area contributed by atoms with Crippen molar-refractivity contribution in [3.63, 3.8) is 0 Å². The summed E-state index contributed by atoms with van der Waals surface area (Å²) < 4.78 is 0. The molecule has 0 spiro atoms. The first-order valence-electron chi connectivity index (χ1n) is 7.22. The first-order valence-corrected chi connectivity index (χ1v) is 7.22. The maximum atomic E-state index is 11.7. The van der Waals surface area contributed by atoms with Crippen molar-refractivity contribution in [2.75, 3.05) is 6.54 Å². The van der Waals surface area contributed by atoms with Crippen LogP contribution in [-0.4, -0.2) is 12.5 Å². The summed E-state index contributed by atoms with van der Waals surface area (Å²) in [5.74, 6) is 5.80. The van der Waals surface area contributed by atoms with Crippen LogP contribution in [0.5, 0.6) is 0 Å². The van der Waals surface area contributed by atoms with Crippen LogP contribution in [0.3, 0.4) is 0 Å². The number of carbonyl (C=O) groups excluding carboxylic acids is 1. The van der Waals surface area contributed by atoms with Crippen LogP contribution in [0.4, 0.5) is 0 Å². The van der Waals surface area contributed by atoms with Crippen LogP contribution in [0, 0.1) is 25.7 Å². The second-order valence-electron chi connectivity index (χ2n) is 5.08. The molecule has 0 saturated heterocycles. The summed E-state index contributed by atoms with van der Waals surface area (Å²) >= 11 is 0. The van der Waals surface area contributed by atoms with Gasteiger partial charge in [0.1, 0.15) is 0 Å². The minimum Gasteiger partial charge on any atom is -0.342 e. The Hall–Kier alpha value is -2.79. The van der Waals surface area contributed by atoms with Crippen molar-refractivity contribution in [3.05, 3.63) is 76.9 Å². The van der Waals surface area contributed by atoms with E-state index in [2.05, 4.69) is 30.1 Å². The smallest absolute Gasteiger partial charge is 0.244 e. The van der Waals surface area contributed by atoms with Crippen molar-refractivity contribution in [1.29, 1.82) is 0 Å². The minimum atomic E-state index is -0.137. The average molecular weight is 289 g/mol. The van der Waals surface area contributed by atoms with Crippen molar-refractivity contribution in [3.8, 4) is 11.8 Å². The largest absolute Gasteiger partial charge is 0.342 e. The van der Waals surface area contributed by atoms with Crippen molar-refractivity contribution in [1.82, 2.24) is 5.32 Å². The van der Waals surface area contributed by atoms with E-state index in [1.54, 1.807) is 6.08 Å². The highest BCUT2D eigenvalue weighted by atomic mass is 16.1. The van der Waals surface area contributed by atoms with Crippen LogP contribution < -0.4 is 5.32 Å². The Balaban J connectivity index is 1.86. The number of nitrogens with one attached hydrogen (secondary N) is 1. The number of benzene rings is 2. The highest BCUT2D eigenvalue weighted by Crippen LogP contribution is 2.11. The van der Waals surface area contributed by atoms with Gasteiger partial charge in [0.15, 0.2) is 0 Å². The van der Waals surface area contributed by atoms with E-state index in [4.69, 9.17) is 0 Å². The van der Waals surface area contributed by atoms with Gasteiger partial charge in [0.25, 0.3) is 0 Å². The predicted octanol–water partition coefficient (Wildman–Crippen LogP) is 3.48. The fraction of sp³-hybridized carbons (Fsp3) is 0.150. The number of amides is 1. The number of hydrogen-bond acceptors (Lipinski definition) is 1. The summed E-state index contributed by atoms with van der Waals surface area (Å²) in [6, 6.07) is 15.9. The second-order valence-corrected chi connectivity index (χ2v) is 5.08. The van der Waals surface area contributed by atoms with Gasteiger partial charge in [-0.25, -0.2) is 0 Å². The van der Waals surface area contributed by atoms with Gasteiger partial charge in [-0.2, -0.15) is 0 Å². The third-order valence-corrected chi connectivity index (χ3v) is 3.20. The van der Waals surface area contributed by atoms with Gasteiger partial charge in [0, 0.05) is 11.6 Å². The zero-order valence-electron chi connectivity index (χ0n) is 12.9. The van der Waals surface area contributed by atoms with Gasteiger partial charge in [0.05, 0.1) is 6.54 Å². The summed E-state index contributed by atoms with van der Waals surface area (Å²) in [7, 11) is 0. The Kier molecular flexibility index (Phi) is 5.57. The maximum absolute atomic E-state index is 11.7. The molecule has 0 aliphatic heterocycles. The number of rotatable bonds is 3. The summed E-state index contributed by atoms with van der Waals surface area (Å²) in [5.41, 5.74) is 4.38. The molecule has 110 valence electrons. The third kappa shape index (κ3) is 4.96. The zero-order chi connectivity index (χ0) is 15.8. The lowest BCUT2D eigenvalue weighted by atomic mass is 10.1. The van der Waals surface area contributed by atoms with Gasteiger partial charge in [-0.05, 0) is 43.2 Å². The summed E-state index contributed by atoms with van der Waals surface area (Å²) in [6.45, 7) is 4.43. The maximum Gasteiger partial charge on any atom is 0.244 e. The van der Waals surface area contributed by atoms with Crippen LogP contribution in [0.2, 0.25) is 0 Å². The highest BCUT2D eigenvalue weighted by molar-refractivity contribution is 5.92. The van der Waals surface area contributed by atoms with Gasteiger partial charge in [-0.1, -0.05) is 53.8 Å². The molecule has 22 heavy (non-hydrogen) atoms. The number of aryl methyl sites for hydroxylation is 2. The number of hydrogen-bond donors (Lipinski definition) is 1. The monoisotopic (exact) mass is 289 g/mol. The summed E-state index contributed by atoms with van der Waals surface area (Å²) in [6.07, 6.45) is 3.37. The molecule has 0 radical (unpaired) electrons. The van der Waals surface area contributed by atoms with Crippen LogP contribution in [0.25, 0.3) is 6.08 Å². The van der Waals surface area contributed by atoms with Crippen molar-refractivity contribution < 1.29 is 4.79 Å². The van der Waals surface area contributed by atoms with Gasteiger partial charge in [-0.15, -0.1) is 0 Å². The van der Waals surface area contributed by atoms with E-state index in [0.717, 1.165) is 16.7 Å². The van der Waals surface area contributed by atoms with E-state index in [0.29, 0.717) is 6.54 Å². The molecule has 2 aromatic rings. The van der Waals surface area contributed by atoms with Crippen molar-refractivity contribution >= 4 is 12.0 Å². The van der Waals surface area contributed by atoms with Crippen LogP contribution in [-0.2, 0) is 4.79 Å². The van der Waals surface area contributed by atoms with Crippen molar-refractivity contribution in [2.24, 2.45) is 0 Å². The molecule has 1 N–H and O–H groups in total. The molecule has 2 rings (SSSR count). The molecule has 0 saturated carbocycles. The molecule has 1 amide bonds. The Bertz CT molecular complexity index is 733. The van der Waals surface area contributed by atoms with E-state index in [1.165, 1.54) is 5.56 Å². The number of carbonyl (C=O) groups is 1. The third-order valence-electron chi connectivity index (χ3n) is 3.20. The molecule has 0 heterocycles. The Morgan fingerprint density at radius 3 is 2.64 bits per heavy atom. The standard InChI is InChI=1S/C20H19NO/c1-16-10-11-19(17(2)15-16)12-13-20(22)21-14-6-9-18-7-4-3-5-8-18/h3-5,7-8,10-13,15H,14H2,1-2H3,(H,21,22)/b13-12+. The first kappa shape index (κ1) is 15.6. The normalized spacial score (nSPS) is 10.1.